The molecule has 112 valence electrons. The number of nitrogens with zero attached hydrogens (tertiary/aromatic N) is 2. The first-order valence-corrected chi connectivity index (χ1v) is 6.96. The van der Waals surface area contributed by atoms with E-state index in [4.69, 9.17) is 14.3 Å². The Kier molecular flexibility index (Phi) is 5.37. The van der Waals surface area contributed by atoms with Crippen molar-refractivity contribution in [3.63, 3.8) is 0 Å². The number of aliphatic hydroxyl groups excluding tert-OH is 1. The summed E-state index contributed by atoms with van der Waals surface area (Å²) in [7, 11) is 0. The van der Waals surface area contributed by atoms with Gasteiger partial charge in [0.05, 0.1) is 13.2 Å². The minimum absolute atomic E-state index is 0.00381. The van der Waals surface area contributed by atoms with Crippen LogP contribution in [0.1, 0.15) is 30.3 Å². The number of hydrogen-bond acceptors (Lipinski definition) is 7. The quantitative estimate of drug-likeness (QED) is 0.700. The summed E-state index contributed by atoms with van der Waals surface area (Å²) in [4.78, 5) is 17.5. The SMILES string of the molecule is CCOC(=O)c1coc(N(CCO)CC2CCCN2)n1. The molecule has 1 fully saturated rings. The van der Waals surface area contributed by atoms with Crippen LogP contribution >= 0.6 is 0 Å². The van der Waals surface area contributed by atoms with Crippen LogP contribution in [0.2, 0.25) is 0 Å². The number of ether oxygens (including phenoxy) is 1. The van der Waals surface area contributed by atoms with Crippen molar-refractivity contribution in [2.45, 2.75) is 25.8 Å². The molecule has 1 atom stereocenters. The van der Waals surface area contributed by atoms with Crippen LogP contribution in [0.5, 0.6) is 0 Å². The molecule has 0 radical (unpaired) electrons. The zero-order valence-electron chi connectivity index (χ0n) is 11.7. The fourth-order valence-corrected chi connectivity index (χ4v) is 2.27. The molecule has 1 aromatic heterocycles. The van der Waals surface area contributed by atoms with E-state index in [1.807, 2.05) is 4.90 Å². The van der Waals surface area contributed by atoms with Crippen molar-refractivity contribution in [2.24, 2.45) is 0 Å². The molecule has 1 aliphatic rings. The van der Waals surface area contributed by atoms with Gasteiger partial charge in [0.25, 0.3) is 6.01 Å². The van der Waals surface area contributed by atoms with Gasteiger partial charge in [-0.1, -0.05) is 0 Å². The van der Waals surface area contributed by atoms with E-state index in [0.717, 1.165) is 19.4 Å². The highest BCUT2D eigenvalue weighted by Gasteiger charge is 2.22. The van der Waals surface area contributed by atoms with E-state index in [2.05, 4.69) is 10.3 Å². The van der Waals surface area contributed by atoms with Gasteiger partial charge in [-0.25, -0.2) is 4.79 Å². The summed E-state index contributed by atoms with van der Waals surface area (Å²) in [6.07, 6.45) is 3.53. The first kappa shape index (κ1) is 14.8. The van der Waals surface area contributed by atoms with E-state index < -0.39 is 5.97 Å². The number of aliphatic hydroxyl groups is 1. The van der Waals surface area contributed by atoms with E-state index in [9.17, 15) is 4.79 Å². The molecule has 2 heterocycles. The summed E-state index contributed by atoms with van der Waals surface area (Å²) in [6, 6.07) is 0.704. The van der Waals surface area contributed by atoms with E-state index in [1.165, 1.54) is 6.26 Å². The first-order chi connectivity index (χ1) is 9.74. The highest BCUT2D eigenvalue weighted by atomic mass is 16.5. The monoisotopic (exact) mass is 283 g/mol. The lowest BCUT2D eigenvalue weighted by molar-refractivity contribution is 0.0519. The molecule has 0 spiro atoms. The Labute approximate surface area is 117 Å². The molecular weight excluding hydrogens is 262 g/mol. The zero-order valence-corrected chi connectivity index (χ0v) is 11.7. The zero-order chi connectivity index (χ0) is 14.4. The number of oxazole rings is 1. The largest absolute Gasteiger partial charge is 0.461 e. The van der Waals surface area contributed by atoms with Crippen molar-refractivity contribution in [2.75, 3.05) is 37.7 Å². The predicted octanol–water partition coefficient (Wildman–Crippen LogP) is 0.402. The van der Waals surface area contributed by atoms with Gasteiger partial charge in [0.15, 0.2) is 5.69 Å². The van der Waals surface area contributed by atoms with E-state index >= 15 is 0 Å². The molecule has 2 rings (SSSR count). The molecule has 0 aromatic carbocycles. The average molecular weight is 283 g/mol. The summed E-state index contributed by atoms with van der Waals surface area (Å²) in [6.45, 7) is 4.17. The maximum atomic E-state index is 11.6. The van der Waals surface area contributed by atoms with Gasteiger partial charge >= 0.3 is 5.97 Å². The van der Waals surface area contributed by atoms with Gasteiger partial charge in [-0.05, 0) is 26.3 Å². The van der Waals surface area contributed by atoms with Gasteiger partial charge in [-0.2, -0.15) is 4.98 Å². The molecule has 0 amide bonds. The molecule has 20 heavy (non-hydrogen) atoms. The molecule has 1 unspecified atom stereocenters. The molecule has 1 aromatic rings. The minimum atomic E-state index is -0.495. The number of rotatable bonds is 7. The topological polar surface area (TPSA) is 87.8 Å². The van der Waals surface area contributed by atoms with Crippen molar-refractivity contribution < 1.29 is 19.1 Å². The van der Waals surface area contributed by atoms with E-state index in [0.29, 0.717) is 31.8 Å². The second-order valence-corrected chi connectivity index (χ2v) is 4.70. The van der Waals surface area contributed by atoms with Gasteiger partial charge < -0.3 is 24.5 Å². The standard InChI is InChI=1S/C13H21N3O4/c1-2-19-12(18)11-9-20-13(15-11)16(6-7-17)8-10-4-3-5-14-10/h9-10,14,17H,2-8H2,1H3. The normalized spacial score (nSPS) is 18.2. The molecule has 1 aliphatic heterocycles. The van der Waals surface area contributed by atoms with Gasteiger partial charge in [-0.15, -0.1) is 0 Å². The third-order valence-electron chi connectivity index (χ3n) is 3.22. The van der Waals surface area contributed by atoms with E-state index in [1.54, 1.807) is 6.92 Å². The molecule has 7 nitrogen and oxygen atoms in total. The van der Waals surface area contributed by atoms with Crippen LogP contribution in [-0.4, -0.2) is 54.9 Å². The molecule has 7 heteroatoms. The minimum Gasteiger partial charge on any atom is -0.461 e. The summed E-state index contributed by atoms with van der Waals surface area (Å²) in [5.74, 6) is -0.495. The maximum Gasteiger partial charge on any atom is 0.360 e. The molecule has 0 aliphatic carbocycles. The molecule has 0 bridgehead atoms. The van der Waals surface area contributed by atoms with Crippen LogP contribution in [0.25, 0.3) is 0 Å². The van der Waals surface area contributed by atoms with Crippen LogP contribution < -0.4 is 10.2 Å². The van der Waals surface area contributed by atoms with Gasteiger partial charge in [-0.3, -0.25) is 0 Å². The highest BCUT2D eigenvalue weighted by molar-refractivity contribution is 5.87. The van der Waals surface area contributed by atoms with Crippen molar-refractivity contribution >= 4 is 12.0 Å². The number of aromatic nitrogens is 1. The smallest absolute Gasteiger partial charge is 0.360 e. The lowest BCUT2D eigenvalue weighted by atomic mass is 10.2. The number of hydrogen-bond donors (Lipinski definition) is 2. The molecule has 0 saturated carbocycles. The van der Waals surface area contributed by atoms with Gasteiger partial charge in [0, 0.05) is 19.1 Å². The predicted molar refractivity (Wildman–Crippen MR) is 72.8 cm³/mol. The Morgan fingerprint density at radius 2 is 2.55 bits per heavy atom. The lowest BCUT2D eigenvalue weighted by Gasteiger charge is -2.23. The van der Waals surface area contributed by atoms with Gasteiger partial charge in [0.2, 0.25) is 0 Å². The van der Waals surface area contributed by atoms with Crippen LogP contribution in [0, 0.1) is 0 Å². The Bertz CT molecular complexity index is 429. The van der Waals surface area contributed by atoms with Crippen molar-refractivity contribution in [1.82, 2.24) is 10.3 Å². The summed E-state index contributed by atoms with van der Waals surface area (Å²) >= 11 is 0. The second-order valence-electron chi connectivity index (χ2n) is 4.70. The Balaban J connectivity index is 2.02. The molecule has 2 N–H and O–H groups in total. The van der Waals surface area contributed by atoms with Crippen LogP contribution in [-0.2, 0) is 4.74 Å². The maximum absolute atomic E-state index is 11.6. The number of carbonyl (C=O) groups is 1. The van der Waals surface area contributed by atoms with Crippen molar-refractivity contribution in [3.05, 3.63) is 12.0 Å². The number of anilines is 1. The summed E-state index contributed by atoms with van der Waals surface area (Å²) in [5, 5.41) is 12.5. The van der Waals surface area contributed by atoms with Gasteiger partial charge in [0.1, 0.15) is 6.26 Å². The number of nitrogens with one attached hydrogen (secondary N) is 1. The average Bonchev–Trinajstić information content (AvgIpc) is 3.10. The lowest BCUT2D eigenvalue weighted by Crippen LogP contribution is -2.39. The second kappa shape index (κ2) is 7.25. The molecular formula is C13H21N3O4. The summed E-state index contributed by atoms with van der Waals surface area (Å²) in [5.41, 5.74) is 0.157. The Morgan fingerprint density at radius 1 is 1.70 bits per heavy atom. The first-order valence-electron chi connectivity index (χ1n) is 6.96. The van der Waals surface area contributed by atoms with E-state index in [-0.39, 0.29) is 12.3 Å². The highest BCUT2D eigenvalue weighted by Crippen LogP contribution is 2.16. The Hall–Kier alpha value is -1.60. The third-order valence-corrected chi connectivity index (χ3v) is 3.22. The summed E-state index contributed by atoms with van der Waals surface area (Å²) < 4.78 is 10.2. The molecule has 1 saturated heterocycles. The third kappa shape index (κ3) is 3.71. The van der Waals surface area contributed by atoms with Crippen molar-refractivity contribution in [1.29, 1.82) is 0 Å². The van der Waals surface area contributed by atoms with Crippen LogP contribution in [0.3, 0.4) is 0 Å². The van der Waals surface area contributed by atoms with Crippen LogP contribution in [0.4, 0.5) is 6.01 Å². The Morgan fingerprint density at radius 3 is 3.20 bits per heavy atom. The van der Waals surface area contributed by atoms with Crippen molar-refractivity contribution in [3.8, 4) is 0 Å². The number of esters is 1. The number of carbonyl (C=O) groups excluding carboxylic acids is 1. The van der Waals surface area contributed by atoms with Crippen LogP contribution in [0.15, 0.2) is 10.7 Å². The fourth-order valence-electron chi connectivity index (χ4n) is 2.27. The fraction of sp³-hybridized carbons (Fsp3) is 0.692.